The van der Waals surface area contributed by atoms with Gasteiger partial charge in [0.25, 0.3) is 0 Å². The first kappa shape index (κ1) is 14.0. The number of aliphatic carboxylic acids is 1. The van der Waals surface area contributed by atoms with Gasteiger partial charge >= 0.3 is 5.97 Å². The average molecular weight is 256 g/mol. The van der Waals surface area contributed by atoms with Gasteiger partial charge in [-0.15, -0.1) is 0 Å². The van der Waals surface area contributed by atoms with Crippen LogP contribution in [0.3, 0.4) is 0 Å². The summed E-state index contributed by atoms with van der Waals surface area (Å²) in [5.41, 5.74) is 1.03. The molecule has 0 spiro atoms. The zero-order chi connectivity index (χ0) is 12.8. The lowest BCUT2D eigenvalue weighted by atomic mass is 9.99. The van der Waals surface area contributed by atoms with Gasteiger partial charge in [0.15, 0.2) is 0 Å². The predicted molar refractivity (Wildman–Crippen MR) is 69.2 cm³/mol. The van der Waals surface area contributed by atoms with Crippen molar-refractivity contribution < 1.29 is 9.90 Å². The Bertz CT molecular complexity index is 364. The molecule has 0 radical (unpaired) electrons. The van der Waals surface area contributed by atoms with E-state index in [4.69, 9.17) is 16.7 Å². The Morgan fingerprint density at radius 2 is 2.00 bits per heavy atom. The SMILES string of the molecule is CC[C@H](C)[C@H](NCc1ccc(Cl)cc1)C(=O)O. The summed E-state index contributed by atoms with van der Waals surface area (Å²) in [5.74, 6) is -0.687. The van der Waals surface area contributed by atoms with Crippen LogP contribution in [-0.2, 0) is 11.3 Å². The second-order valence-corrected chi connectivity index (χ2v) is 4.65. The molecule has 0 aliphatic rings. The van der Waals surface area contributed by atoms with Gasteiger partial charge in [-0.2, -0.15) is 0 Å². The number of hydrogen-bond donors (Lipinski definition) is 2. The predicted octanol–water partition coefficient (Wildman–Crippen LogP) is 2.93. The van der Waals surface area contributed by atoms with Gasteiger partial charge < -0.3 is 10.4 Å². The summed E-state index contributed by atoms with van der Waals surface area (Å²) in [6, 6.07) is 6.89. The van der Waals surface area contributed by atoms with Crippen molar-refractivity contribution in [1.29, 1.82) is 0 Å². The van der Waals surface area contributed by atoms with Gasteiger partial charge in [-0.3, -0.25) is 4.79 Å². The maximum atomic E-state index is 11.1. The standard InChI is InChI=1S/C13H18ClNO2/c1-3-9(2)12(13(16)17)15-8-10-4-6-11(14)7-5-10/h4-7,9,12,15H,3,8H2,1-2H3,(H,16,17)/t9-,12-/m0/s1. The van der Waals surface area contributed by atoms with Crippen molar-refractivity contribution in [3.63, 3.8) is 0 Å². The normalized spacial score (nSPS) is 14.3. The number of hydrogen-bond acceptors (Lipinski definition) is 2. The molecule has 0 heterocycles. The van der Waals surface area contributed by atoms with Crippen LogP contribution < -0.4 is 5.32 Å². The summed E-state index contributed by atoms with van der Waals surface area (Å²) >= 11 is 5.78. The molecule has 1 rings (SSSR count). The van der Waals surface area contributed by atoms with E-state index in [1.54, 1.807) is 12.1 Å². The highest BCUT2D eigenvalue weighted by Gasteiger charge is 2.22. The third kappa shape index (κ3) is 4.36. The lowest BCUT2D eigenvalue weighted by Crippen LogP contribution is -2.41. The molecule has 0 aliphatic carbocycles. The fraction of sp³-hybridized carbons (Fsp3) is 0.462. The summed E-state index contributed by atoms with van der Waals surface area (Å²) in [6.07, 6.45) is 0.838. The van der Waals surface area contributed by atoms with Crippen molar-refractivity contribution in [1.82, 2.24) is 5.32 Å². The number of nitrogens with one attached hydrogen (secondary N) is 1. The minimum atomic E-state index is -0.798. The first-order valence-corrected chi connectivity index (χ1v) is 6.13. The van der Waals surface area contributed by atoms with Crippen molar-refractivity contribution in [3.8, 4) is 0 Å². The van der Waals surface area contributed by atoms with Gasteiger partial charge in [0.1, 0.15) is 6.04 Å². The van der Waals surface area contributed by atoms with Gasteiger partial charge in [-0.1, -0.05) is 44.0 Å². The Balaban J connectivity index is 2.57. The molecule has 0 unspecified atom stereocenters. The molecule has 4 heteroatoms. The number of carboxylic acids is 1. The van der Waals surface area contributed by atoms with Crippen LogP contribution in [0.1, 0.15) is 25.8 Å². The molecule has 2 N–H and O–H groups in total. The van der Waals surface area contributed by atoms with Crippen LogP contribution in [-0.4, -0.2) is 17.1 Å². The minimum Gasteiger partial charge on any atom is -0.480 e. The number of carboxylic acid groups (broad SMARTS) is 1. The van der Waals surface area contributed by atoms with E-state index in [9.17, 15) is 4.79 Å². The van der Waals surface area contributed by atoms with Gasteiger partial charge in [-0.05, 0) is 23.6 Å². The smallest absolute Gasteiger partial charge is 0.320 e. The zero-order valence-corrected chi connectivity index (χ0v) is 10.9. The molecule has 0 saturated carbocycles. The third-order valence-corrected chi connectivity index (χ3v) is 3.17. The Morgan fingerprint density at radius 1 is 1.41 bits per heavy atom. The fourth-order valence-electron chi connectivity index (χ4n) is 1.60. The minimum absolute atomic E-state index is 0.111. The number of benzene rings is 1. The molecule has 0 saturated heterocycles. The van der Waals surface area contributed by atoms with Crippen LogP contribution in [0, 0.1) is 5.92 Å². The number of carbonyl (C=O) groups is 1. The maximum Gasteiger partial charge on any atom is 0.320 e. The van der Waals surface area contributed by atoms with Crippen molar-refractivity contribution in [2.24, 2.45) is 5.92 Å². The highest BCUT2D eigenvalue weighted by atomic mass is 35.5. The lowest BCUT2D eigenvalue weighted by Gasteiger charge is -2.20. The van der Waals surface area contributed by atoms with Crippen LogP contribution in [0.2, 0.25) is 5.02 Å². The number of rotatable bonds is 6. The molecule has 0 aromatic heterocycles. The largest absolute Gasteiger partial charge is 0.480 e. The van der Waals surface area contributed by atoms with Crippen LogP contribution in [0.25, 0.3) is 0 Å². The molecule has 0 amide bonds. The molecule has 3 nitrogen and oxygen atoms in total. The summed E-state index contributed by atoms with van der Waals surface area (Å²) in [5, 5.41) is 12.9. The Kier molecular flexibility index (Phi) is 5.45. The van der Waals surface area contributed by atoms with Gasteiger partial charge in [0, 0.05) is 11.6 Å². The summed E-state index contributed by atoms with van der Waals surface area (Å²) in [6.45, 7) is 4.47. The topological polar surface area (TPSA) is 49.3 Å². The average Bonchev–Trinajstić information content (AvgIpc) is 2.31. The highest BCUT2D eigenvalue weighted by molar-refractivity contribution is 6.30. The van der Waals surface area contributed by atoms with E-state index in [1.807, 2.05) is 26.0 Å². The van der Waals surface area contributed by atoms with Crippen molar-refractivity contribution in [2.75, 3.05) is 0 Å². The monoisotopic (exact) mass is 255 g/mol. The van der Waals surface area contributed by atoms with E-state index in [1.165, 1.54) is 0 Å². The van der Waals surface area contributed by atoms with E-state index < -0.39 is 12.0 Å². The van der Waals surface area contributed by atoms with E-state index in [0.717, 1.165) is 12.0 Å². The Hall–Kier alpha value is -1.06. The molecule has 0 aliphatic heterocycles. The van der Waals surface area contributed by atoms with Crippen molar-refractivity contribution in [2.45, 2.75) is 32.9 Å². The maximum absolute atomic E-state index is 11.1. The molecule has 17 heavy (non-hydrogen) atoms. The molecule has 94 valence electrons. The van der Waals surface area contributed by atoms with Crippen LogP contribution in [0.5, 0.6) is 0 Å². The molecule has 1 aromatic carbocycles. The first-order valence-electron chi connectivity index (χ1n) is 5.75. The molecular weight excluding hydrogens is 238 g/mol. The van der Waals surface area contributed by atoms with Crippen molar-refractivity contribution >= 4 is 17.6 Å². The molecule has 2 atom stereocenters. The van der Waals surface area contributed by atoms with Crippen molar-refractivity contribution in [3.05, 3.63) is 34.9 Å². The van der Waals surface area contributed by atoms with Gasteiger partial charge in [0.05, 0.1) is 0 Å². The Labute approximate surface area is 107 Å². The zero-order valence-electron chi connectivity index (χ0n) is 10.1. The quantitative estimate of drug-likeness (QED) is 0.822. The first-order chi connectivity index (χ1) is 8.04. The Morgan fingerprint density at radius 3 is 2.47 bits per heavy atom. The van der Waals surface area contributed by atoms with E-state index in [2.05, 4.69) is 5.32 Å². The molecule has 0 bridgehead atoms. The van der Waals surface area contributed by atoms with E-state index in [-0.39, 0.29) is 5.92 Å². The van der Waals surface area contributed by atoms with Crippen LogP contribution in [0.4, 0.5) is 0 Å². The van der Waals surface area contributed by atoms with Crippen LogP contribution >= 0.6 is 11.6 Å². The third-order valence-electron chi connectivity index (χ3n) is 2.92. The van der Waals surface area contributed by atoms with E-state index in [0.29, 0.717) is 11.6 Å². The highest BCUT2D eigenvalue weighted by Crippen LogP contribution is 2.11. The summed E-state index contributed by atoms with van der Waals surface area (Å²) < 4.78 is 0. The summed E-state index contributed by atoms with van der Waals surface area (Å²) in [4.78, 5) is 11.1. The molecule has 0 fully saturated rings. The second kappa shape index (κ2) is 6.62. The van der Waals surface area contributed by atoms with E-state index >= 15 is 0 Å². The second-order valence-electron chi connectivity index (χ2n) is 4.21. The number of halogens is 1. The fourth-order valence-corrected chi connectivity index (χ4v) is 1.72. The van der Waals surface area contributed by atoms with Gasteiger partial charge in [-0.25, -0.2) is 0 Å². The molecular formula is C13H18ClNO2. The van der Waals surface area contributed by atoms with Gasteiger partial charge in [0.2, 0.25) is 0 Å². The summed E-state index contributed by atoms with van der Waals surface area (Å²) in [7, 11) is 0. The lowest BCUT2D eigenvalue weighted by molar-refractivity contribution is -0.140. The molecule has 1 aromatic rings. The van der Waals surface area contributed by atoms with Crippen LogP contribution in [0.15, 0.2) is 24.3 Å².